The van der Waals surface area contributed by atoms with Crippen molar-refractivity contribution in [1.29, 1.82) is 0 Å². The molecule has 30 heavy (non-hydrogen) atoms. The van der Waals surface area contributed by atoms with Gasteiger partial charge in [-0.2, -0.15) is 8.42 Å². The third kappa shape index (κ3) is 7.94. The van der Waals surface area contributed by atoms with Crippen molar-refractivity contribution in [2.75, 3.05) is 19.5 Å². The molecular weight excluding hydrogens is 408 g/mol. The molecule has 0 saturated heterocycles. The summed E-state index contributed by atoms with van der Waals surface area (Å²) >= 11 is 0. The molecule has 0 spiro atoms. The van der Waals surface area contributed by atoms with Crippen LogP contribution in [0.4, 0.5) is 0 Å². The second-order valence-electron chi connectivity index (χ2n) is 6.63. The zero-order valence-corrected chi connectivity index (χ0v) is 18.4. The molecule has 0 aliphatic rings. The molecule has 0 atom stereocenters. The van der Waals surface area contributed by atoms with E-state index in [-0.39, 0.29) is 24.1 Å². The van der Waals surface area contributed by atoms with Crippen LogP contribution in [-0.2, 0) is 21.3 Å². The molecule has 2 aromatic rings. The Morgan fingerprint density at radius 2 is 1.70 bits per heavy atom. The Hall–Kier alpha value is -2.74. The highest BCUT2D eigenvalue weighted by Crippen LogP contribution is 2.37. The largest absolute Gasteiger partial charge is 0.490 e. The number of esters is 1. The summed E-state index contributed by atoms with van der Waals surface area (Å²) in [5, 5.41) is 0. The molecule has 7 nitrogen and oxygen atoms in total. The third-order valence-electron chi connectivity index (χ3n) is 3.99. The maximum Gasteiger partial charge on any atom is 0.311 e. The minimum atomic E-state index is -3.59. The fraction of sp³-hybridized carbons (Fsp3) is 0.409. The molecular formula is C22H28O7S. The molecule has 0 bridgehead atoms. The standard InChI is InChI=1S/C22H28O7S/c1-4-6-13-21(23)28-22-19(26-5-2)11-8-12-20(22)27-15-14-17-9-7-10-18(16-17)29-30(3,24)25/h7-12,16H,4-6,13-15H2,1-3H3. The van der Waals surface area contributed by atoms with Crippen molar-refractivity contribution < 1.29 is 31.6 Å². The van der Waals surface area contributed by atoms with Gasteiger partial charge in [0.2, 0.25) is 5.75 Å². The number of carbonyl (C=O) groups is 1. The minimum absolute atomic E-state index is 0.249. The second kappa shape index (κ2) is 11.4. The molecule has 164 valence electrons. The predicted octanol–water partition coefficient (Wildman–Crippen LogP) is 4.14. The number of rotatable bonds is 12. The molecule has 0 aromatic heterocycles. The van der Waals surface area contributed by atoms with E-state index in [0.717, 1.165) is 24.7 Å². The highest BCUT2D eigenvalue weighted by molar-refractivity contribution is 7.86. The lowest BCUT2D eigenvalue weighted by Gasteiger charge is -2.15. The number of ether oxygens (including phenoxy) is 3. The van der Waals surface area contributed by atoms with Crippen LogP contribution in [0.3, 0.4) is 0 Å². The molecule has 0 unspecified atom stereocenters. The normalized spacial score (nSPS) is 11.0. The molecule has 2 rings (SSSR count). The van der Waals surface area contributed by atoms with Gasteiger partial charge in [-0.15, -0.1) is 0 Å². The van der Waals surface area contributed by atoms with Gasteiger partial charge in [0.1, 0.15) is 5.75 Å². The number of carbonyl (C=O) groups excluding carboxylic acids is 1. The summed E-state index contributed by atoms with van der Waals surface area (Å²) in [7, 11) is -3.59. The smallest absolute Gasteiger partial charge is 0.311 e. The van der Waals surface area contributed by atoms with Gasteiger partial charge in [-0.3, -0.25) is 4.79 Å². The molecule has 2 aromatic carbocycles. The van der Waals surface area contributed by atoms with Crippen LogP contribution in [0.15, 0.2) is 42.5 Å². The van der Waals surface area contributed by atoms with Crippen LogP contribution in [0.25, 0.3) is 0 Å². The SMILES string of the molecule is CCCCC(=O)Oc1c(OCC)cccc1OCCc1cccc(OS(C)(=O)=O)c1. The van der Waals surface area contributed by atoms with Crippen LogP contribution in [0, 0.1) is 0 Å². The average Bonchev–Trinajstić information content (AvgIpc) is 2.68. The van der Waals surface area contributed by atoms with Crippen molar-refractivity contribution in [3.63, 3.8) is 0 Å². The summed E-state index contributed by atoms with van der Waals surface area (Å²) in [6, 6.07) is 12.0. The van der Waals surface area contributed by atoms with Crippen LogP contribution < -0.4 is 18.4 Å². The molecule has 0 saturated carbocycles. The van der Waals surface area contributed by atoms with E-state index in [4.69, 9.17) is 18.4 Å². The molecule has 8 heteroatoms. The predicted molar refractivity (Wildman–Crippen MR) is 114 cm³/mol. The molecule has 0 amide bonds. The lowest BCUT2D eigenvalue weighted by atomic mass is 10.1. The van der Waals surface area contributed by atoms with Crippen molar-refractivity contribution in [2.45, 2.75) is 39.5 Å². The van der Waals surface area contributed by atoms with Gasteiger partial charge in [-0.25, -0.2) is 0 Å². The molecule has 0 fully saturated rings. The Bertz CT molecular complexity index is 938. The summed E-state index contributed by atoms with van der Waals surface area (Å²) in [6.45, 7) is 4.57. The number of hydrogen-bond acceptors (Lipinski definition) is 7. The third-order valence-corrected chi connectivity index (χ3v) is 4.48. The van der Waals surface area contributed by atoms with Gasteiger partial charge in [0.25, 0.3) is 0 Å². The molecule has 0 aliphatic carbocycles. The summed E-state index contributed by atoms with van der Waals surface area (Å²) < 4.78 is 44.4. The van der Waals surface area contributed by atoms with E-state index >= 15 is 0 Å². The van der Waals surface area contributed by atoms with Gasteiger partial charge in [0.15, 0.2) is 11.5 Å². The van der Waals surface area contributed by atoms with Crippen molar-refractivity contribution in [2.24, 2.45) is 0 Å². The second-order valence-corrected chi connectivity index (χ2v) is 8.20. The maximum atomic E-state index is 12.1. The van der Waals surface area contributed by atoms with E-state index in [9.17, 15) is 13.2 Å². The molecule has 0 radical (unpaired) electrons. The lowest BCUT2D eigenvalue weighted by Crippen LogP contribution is -2.11. The Morgan fingerprint density at radius 1 is 1.00 bits per heavy atom. The Morgan fingerprint density at radius 3 is 2.37 bits per heavy atom. The number of hydrogen-bond donors (Lipinski definition) is 0. The first-order valence-corrected chi connectivity index (χ1v) is 11.7. The molecule has 0 aliphatic heterocycles. The van der Waals surface area contributed by atoms with Crippen LogP contribution in [0.2, 0.25) is 0 Å². The summed E-state index contributed by atoms with van der Waals surface area (Å²) in [5.41, 5.74) is 0.846. The first-order valence-electron chi connectivity index (χ1n) is 9.90. The van der Waals surface area contributed by atoms with E-state index in [0.29, 0.717) is 30.9 Å². The first kappa shape index (κ1) is 23.5. The quantitative estimate of drug-likeness (QED) is 0.281. The fourth-order valence-corrected chi connectivity index (χ4v) is 3.12. The Kier molecular flexibility index (Phi) is 8.98. The molecule has 0 N–H and O–H groups in total. The van der Waals surface area contributed by atoms with Gasteiger partial charge in [-0.1, -0.05) is 31.5 Å². The fourth-order valence-electron chi connectivity index (χ4n) is 2.67. The van der Waals surface area contributed by atoms with Gasteiger partial charge in [-0.05, 0) is 43.2 Å². The van der Waals surface area contributed by atoms with Crippen molar-refractivity contribution in [3.05, 3.63) is 48.0 Å². The summed E-state index contributed by atoms with van der Waals surface area (Å²) in [6.07, 6.45) is 3.47. The van der Waals surface area contributed by atoms with Crippen molar-refractivity contribution >= 4 is 16.1 Å². The van der Waals surface area contributed by atoms with Crippen molar-refractivity contribution in [3.8, 4) is 23.0 Å². The highest BCUT2D eigenvalue weighted by atomic mass is 32.2. The lowest BCUT2D eigenvalue weighted by molar-refractivity contribution is -0.134. The zero-order chi connectivity index (χ0) is 22.0. The van der Waals surface area contributed by atoms with Crippen LogP contribution >= 0.6 is 0 Å². The maximum absolute atomic E-state index is 12.1. The monoisotopic (exact) mass is 436 g/mol. The highest BCUT2D eigenvalue weighted by Gasteiger charge is 2.16. The Labute approximate surface area is 178 Å². The topological polar surface area (TPSA) is 88.1 Å². The summed E-state index contributed by atoms with van der Waals surface area (Å²) in [5.74, 6) is 1.05. The van der Waals surface area contributed by atoms with Gasteiger partial charge in [0, 0.05) is 12.8 Å². The van der Waals surface area contributed by atoms with Gasteiger partial charge in [0.05, 0.1) is 19.5 Å². The Balaban J connectivity index is 2.08. The number of unbranched alkanes of at least 4 members (excludes halogenated alkanes) is 1. The van der Waals surface area contributed by atoms with E-state index < -0.39 is 10.1 Å². The van der Waals surface area contributed by atoms with Crippen LogP contribution in [0.1, 0.15) is 38.7 Å². The average molecular weight is 437 g/mol. The van der Waals surface area contributed by atoms with E-state index in [1.165, 1.54) is 0 Å². The van der Waals surface area contributed by atoms with E-state index in [1.807, 2.05) is 19.9 Å². The molecule has 0 heterocycles. The summed E-state index contributed by atoms with van der Waals surface area (Å²) in [4.78, 5) is 12.1. The van der Waals surface area contributed by atoms with Gasteiger partial charge < -0.3 is 18.4 Å². The van der Waals surface area contributed by atoms with E-state index in [2.05, 4.69) is 0 Å². The number of benzene rings is 2. The van der Waals surface area contributed by atoms with E-state index in [1.54, 1.807) is 36.4 Å². The van der Waals surface area contributed by atoms with Crippen LogP contribution in [-0.4, -0.2) is 33.9 Å². The number of para-hydroxylation sites is 1. The minimum Gasteiger partial charge on any atom is -0.490 e. The van der Waals surface area contributed by atoms with Gasteiger partial charge >= 0.3 is 16.1 Å². The van der Waals surface area contributed by atoms with Crippen molar-refractivity contribution in [1.82, 2.24) is 0 Å². The zero-order valence-electron chi connectivity index (χ0n) is 17.6. The first-order chi connectivity index (χ1) is 14.3. The van der Waals surface area contributed by atoms with Crippen LogP contribution in [0.5, 0.6) is 23.0 Å².